The van der Waals surface area contributed by atoms with Gasteiger partial charge in [0.05, 0.1) is 12.2 Å². The summed E-state index contributed by atoms with van der Waals surface area (Å²) in [6.07, 6.45) is -12.7. The highest BCUT2D eigenvalue weighted by molar-refractivity contribution is 7.86. The molecule has 0 spiro atoms. The molecule has 7 nitrogen and oxygen atoms in total. The average molecular weight is 454 g/mol. The van der Waals surface area contributed by atoms with Gasteiger partial charge in [-0.05, 0) is 13.8 Å². The van der Waals surface area contributed by atoms with Gasteiger partial charge in [0.15, 0.2) is 5.60 Å². The van der Waals surface area contributed by atoms with Crippen LogP contribution in [0.2, 0.25) is 0 Å². The molecule has 0 aromatic carbocycles. The lowest BCUT2D eigenvalue weighted by Gasteiger charge is -2.43. The molecule has 16 heteroatoms. The summed E-state index contributed by atoms with van der Waals surface area (Å²) in [5, 5.41) is 4.42. The van der Waals surface area contributed by atoms with Gasteiger partial charge in [0.25, 0.3) is 5.60 Å². The molecule has 0 radical (unpaired) electrons. The third-order valence-electron chi connectivity index (χ3n) is 3.25. The Morgan fingerprint density at radius 1 is 1.00 bits per heavy atom. The molecule has 0 rings (SSSR count). The quantitative estimate of drug-likeness (QED) is 0.251. The molecule has 0 bridgehead atoms. The van der Waals surface area contributed by atoms with E-state index in [-0.39, 0.29) is 13.8 Å². The second-order valence-electron chi connectivity index (χ2n) is 5.81. The molecular formula is C12H14F8O7S. The first-order valence-corrected chi connectivity index (χ1v) is 8.15. The van der Waals surface area contributed by atoms with Crippen molar-refractivity contribution in [2.45, 2.75) is 42.7 Å². The molecule has 0 fully saturated rings. The Kier molecular flexibility index (Phi) is 7.30. The van der Waals surface area contributed by atoms with Crippen LogP contribution in [0.25, 0.3) is 0 Å². The van der Waals surface area contributed by atoms with E-state index >= 15 is 0 Å². The van der Waals surface area contributed by atoms with Gasteiger partial charge in [-0.25, -0.2) is 4.79 Å². The second kappa shape index (κ2) is 7.72. The van der Waals surface area contributed by atoms with E-state index in [1.165, 1.54) is 0 Å². The van der Waals surface area contributed by atoms with Gasteiger partial charge < -0.3 is 14.6 Å². The smallest absolute Gasteiger partial charge is 0.430 e. The molecule has 0 amide bonds. The van der Waals surface area contributed by atoms with E-state index in [1.807, 2.05) is 0 Å². The highest BCUT2D eigenvalue weighted by Gasteiger charge is 2.78. The molecular weight excluding hydrogens is 440 g/mol. The van der Waals surface area contributed by atoms with Gasteiger partial charge in [-0.3, -0.25) is 4.55 Å². The zero-order valence-electron chi connectivity index (χ0n) is 14.0. The first kappa shape index (κ1) is 26.5. The number of carbonyl (C=O) groups is 1. The van der Waals surface area contributed by atoms with Gasteiger partial charge in [0.2, 0.25) is 0 Å². The van der Waals surface area contributed by atoms with E-state index < -0.39 is 63.7 Å². The Hall–Kier alpha value is -1.52. The van der Waals surface area contributed by atoms with Crippen LogP contribution in [-0.2, 0) is 24.4 Å². The van der Waals surface area contributed by atoms with E-state index in [4.69, 9.17) is 4.55 Å². The highest BCUT2D eigenvalue weighted by Crippen LogP contribution is 2.50. The summed E-state index contributed by atoms with van der Waals surface area (Å²) in [7, 11) is -5.89. The molecule has 0 aromatic rings. The number of aliphatic hydroxyl groups is 1. The first-order chi connectivity index (χ1) is 12.0. The summed E-state index contributed by atoms with van der Waals surface area (Å²) < 4.78 is 140. The molecule has 0 atom stereocenters. The number of esters is 1. The summed E-state index contributed by atoms with van der Waals surface area (Å²) in [5.74, 6) is -1.99. The van der Waals surface area contributed by atoms with Crippen molar-refractivity contribution >= 4 is 16.1 Å². The van der Waals surface area contributed by atoms with Crippen molar-refractivity contribution < 1.29 is 67.5 Å². The maximum Gasteiger partial charge on any atom is 0.430 e. The van der Waals surface area contributed by atoms with Gasteiger partial charge >= 0.3 is 33.7 Å². The van der Waals surface area contributed by atoms with Crippen LogP contribution in [-0.4, -0.2) is 66.1 Å². The van der Waals surface area contributed by atoms with Crippen molar-refractivity contribution in [1.82, 2.24) is 0 Å². The van der Waals surface area contributed by atoms with Crippen LogP contribution in [0.1, 0.15) is 13.8 Å². The Morgan fingerprint density at radius 3 is 1.71 bits per heavy atom. The fraction of sp³-hybridized carbons (Fsp3) is 0.750. The largest absolute Gasteiger partial charge is 0.452 e. The monoisotopic (exact) mass is 454 g/mol. The van der Waals surface area contributed by atoms with E-state index in [0.29, 0.717) is 0 Å². The average Bonchev–Trinajstić information content (AvgIpc) is 2.41. The van der Waals surface area contributed by atoms with Gasteiger partial charge in [0.1, 0.15) is 6.61 Å². The Labute approximate surface area is 152 Å². The lowest BCUT2D eigenvalue weighted by Crippen LogP contribution is -2.69. The van der Waals surface area contributed by atoms with Crippen LogP contribution in [0.5, 0.6) is 0 Å². The molecule has 0 saturated carbocycles. The first-order valence-electron chi connectivity index (χ1n) is 6.71. The second-order valence-corrected chi connectivity index (χ2v) is 7.36. The molecule has 0 saturated heterocycles. The minimum absolute atomic E-state index is 0.0898. The number of alkyl halides is 8. The van der Waals surface area contributed by atoms with Gasteiger partial charge in [0, 0.05) is 0 Å². The maximum absolute atomic E-state index is 12.9. The molecule has 0 heterocycles. The Bertz CT molecular complexity index is 694. The number of hydrogen-bond acceptors (Lipinski definition) is 6. The van der Waals surface area contributed by atoms with Crippen LogP contribution >= 0.6 is 0 Å². The van der Waals surface area contributed by atoms with Gasteiger partial charge in [-0.15, -0.1) is 0 Å². The number of halogens is 8. The molecule has 0 unspecified atom stereocenters. The summed E-state index contributed by atoms with van der Waals surface area (Å²) in [6.45, 7) is -0.320. The lowest BCUT2D eigenvalue weighted by atomic mass is 9.84. The molecule has 28 heavy (non-hydrogen) atoms. The van der Waals surface area contributed by atoms with E-state index in [1.54, 1.807) is 0 Å². The van der Waals surface area contributed by atoms with Crippen LogP contribution in [0.15, 0.2) is 12.2 Å². The van der Waals surface area contributed by atoms with Crippen LogP contribution in [0.4, 0.5) is 35.1 Å². The fourth-order valence-corrected chi connectivity index (χ4v) is 1.88. The fourth-order valence-electron chi connectivity index (χ4n) is 1.65. The third-order valence-corrected chi connectivity index (χ3v) is 4.12. The summed E-state index contributed by atoms with van der Waals surface area (Å²) in [5.41, 5.74) is -10.2. The van der Waals surface area contributed by atoms with Gasteiger partial charge in [-0.2, -0.15) is 43.5 Å². The zero-order valence-corrected chi connectivity index (χ0v) is 14.8. The number of carbonyl (C=O) groups excluding carboxylic acids is 1. The van der Waals surface area contributed by atoms with Crippen molar-refractivity contribution in [3.05, 3.63) is 12.2 Å². The molecule has 0 aliphatic carbocycles. The molecule has 0 aliphatic heterocycles. The van der Waals surface area contributed by atoms with Crippen LogP contribution in [0, 0.1) is 0 Å². The topological polar surface area (TPSA) is 110 Å². The minimum atomic E-state index is -6.33. The van der Waals surface area contributed by atoms with E-state index in [9.17, 15) is 53.4 Å². The van der Waals surface area contributed by atoms with Crippen molar-refractivity contribution in [1.29, 1.82) is 0 Å². The highest BCUT2D eigenvalue weighted by atomic mass is 32.2. The number of hydrogen-bond donors (Lipinski definition) is 2. The Balaban J connectivity index is 5.31. The molecule has 2 N–H and O–H groups in total. The minimum Gasteiger partial charge on any atom is -0.452 e. The van der Waals surface area contributed by atoms with Crippen molar-refractivity contribution in [3.63, 3.8) is 0 Å². The molecule has 0 aromatic heterocycles. The normalized spacial score (nSPS) is 14.7. The maximum atomic E-state index is 12.9. The van der Waals surface area contributed by atoms with Crippen LogP contribution in [0.3, 0.4) is 0 Å². The standard InChI is InChI=1S/C12H14F8O7S/c1-6(4-26-5-9(13,14)28(23,24)25)7(21)27-8(2,3)10(22,11(15,16)17)12(18,19)20/h22H,1,4-5H2,2-3H3,(H,23,24,25). The predicted octanol–water partition coefficient (Wildman–Crippen LogP) is 2.22. The zero-order chi connectivity index (χ0) is 23.0. The van der Waals surface area contributed by atoms with Crippen molar-refractivity contribution in [2.24, 2.45) is 0 Å². The Morgan fingerprint density at radius 2 is 1.39 bits per heavy atom. The van der Waals surface area contributed by atoms with E-state index in [2.05, 4.69) is 16.1 Å². The van der Waals surface area contributed by atoms with Crippen molar-refractivity contribution in [3.8, 4) is 0 Å². The van der Waals surface area contributed by atoms with Gasteiger partial charge in [-0.1, -0.05) is 6.58 Å². The predicted molar refractivity (Wildman–Crippen MR) is 73.7 cm³/mol. The number of rotatable bonds is 8. The summed E-state index contributed by atoms with van der Waals surface area (Å²) in [4.78, 5) is 11.6. The van der Waals surface area contributed by atoms with E-state index in [0.717, 1.165) is 0 Å². The summed E-state index contributed by atoms with van der Waals surface area (Å²) in [6, 6.07) is 0. The SMILES string of the molecule is C=C(COCC(F)(F)S(=O)(=O)O)C(=O)OC(C)(C)C(O)(C(F)(F)F)C(F)(F)F. The third kappa shape index (κ3) is 5.30. The lowest BCUT2D eigenvalue weighted by molar-refractivity contribution is -0.407. The van der Waals surface area contributed by atoms with Crippen molar-refractivity contribution in [2.75, 3.05) is 13.2 Å². The van der Waals surface area contributed by atoms with Crippen LogP contribution < -0.4 is 0 Å². The summed E-state index contributed by atoms with van der Waals surface area (Å²) >= 11 is 0. The molecule has 166 valence electrons. The number of ether oxygens (including phenoxy) is 2. The molecule has 0 aliphatic rings.